The summed E-state index contributed by atoms with van der Waals surface area (Å²) in [5, 5.41) is 18.4. The molecular weight excluding hydrogens is 1120 g/mol. The van der Waals surface area contributed by atoms with Crippen LogP contribution in [-0.4, -0.2) is 8.80 Å². The molecule has 0 fully saturated rings. The SMILES string of the molecule is Cc1cc(C(C)(C)Cc2ccc3c(c2)oc2c3ccc3c4cc(-c5cc(C(C)(C)C)cc(C(C)(C)C)c5)cc5c6ccc7c8ccccc8oc7c6n(c54)c32)cc(C)c1-c1cc2c3ccc4c5ccccc5oc4c3n3c2c(c1)c1ccc2c4ccccc4oc2c13. The van der Waals surface area contributed by atoms with Crippen molar-refractivity contribution < 1.29 is 17.7 Å². The van der Waals surface area contributed by atoms with Crippen LogP contribution in [0.15, 0.2) is 212 Å². The van der Waals surface area contributed by atoms with Gasteiger partial charge in [0.05, 0.1) is 33.1 Å². The van der Waals surface area contributed by atoms with Crippen LogP contribution < -0.4 is 0 Å². The summed E-state index contributed by atoms with van der Waals surface area (Å²) in [7, 11) is 0. The molecule has 8 heterocycles. The van der Waals surface area contributed by atoms with E-state index in [2.05, 4.69) is 272 Å². The third-order valence-corrected chi connectivity index (χ3v) is 21.2. The first-order chi connectivity index (χ1) is 44.4. The molecule has 20 aromatic rings. The Morgan fingerprint density at radius 1 is 0.283 bits per heavy atom. The van der Waals surface area contributed by atoms with Gasteiger partial charge < -0.3 is 26.5 Å². The van der Waals surface area contributed by atoms with Gasteiger partial charge in [0.1, 0.15) is 22.3 Å². The Bertz CT molecular complexity index is 6450. The molecule has 0 saturated heterocycles. The van der Waals surface area contributed by atoms with Crippen molar-refractivity contribution >= 4 is 164 Å². The maximum absolute atomic E-state index is 7.33. The van der Waals surface area contributed by atoms with Crippen LogP contribution in [0.3, 0.4) is 0 Å². The van der Waals surface area contributed by atoms with Crippen molar-refractivity contribution in [2.75, 3.05) is 0 Å². The number of hydrogen-bond donors (Lipinski definition) is 0. The molecule has 442 valence electrons. The number of hydrogen-bond acceptors (Lipinski definition) is 4. The molecular formula is C86H64N2O4. The van der Waals surface area contributed by atoms with Gasteiger partial charge in [-0.1, -0.05) is 177 Å². The number of benzene rings is 12. The molecule has 6 heteroatoms. The van der Waals surface area contributed by atoms with Gasteiger partial charge in [0.2, 0.25) is 0 Å². The standard InChI is InChI=1S/C86H64N2O4/c1-44-33-52(34-45(2)73(44)49-40-67-59-26-30-62-54-18-12-15-21-70(54)90-81(62)77(59)88-75(67)68(41-49)60-27-31-63-55-19-13-16-22-71(55)91-82(63)78(60)88)86(9,10)43-46-23-24-56-64-32-28-58-66-39-48(47-36-50(84(3,4)5)42-51(37-47)85(6,7)8)38-65-57-25-29-61-53-17-11-14-20-69(53)89-80(61)76(57)87(74(65)66)79(58)83(64)92-72(56)35-46/h11-42H,43H2,1-10H3. The average molecular weight is 1190 g/mol. The number of para-hydroxylation sites is 3. The molecule has 0 bridgehead atoms. The molecule has 6 nitrogen and oxygen atoms in total. The number of rotatable bonds is 5. The van der Waals surface area contributed by atoms with Crippen LogP contribution in [0.4, 0.5) is 0 Å². The largest absolute Gasteiger partial charge is 0.454 e. The van der Waals surface area contributed by atoms with Gasteiger partial charge >= 0.3 is 0 Å². The first-order valence-corrected chi connectivity index (χ1v) is 32.5. The summed E-state index contributed by atoms with van der Waals surface area (Å²) < 4.78 is 32.9. The fourth-order valence-electron chi connectivity index (χ4n) is 16.7. The molecule has 12 aromatic carbocycles. The average Bonchev–Trinajstić information content (AvgIpc) is 1.52. The Morgan fingerprint density at radius 2 is 0.620 bits per heavy atom. The molecule has 0 amide bonds. The smallest absolute Gasteiger partial charge is 0.160 e. The van der Waals surface area contributed by atoms with E-state index in [0.29, 0.717) is 0 Å². The minimum Gasteiger partial charge on any atom is -0.454 e. The van der Waals surface area contributed by atoms with Crippen molar-refractivity contribution in [1.29, 1.82) is 0 Å². The fraction of sp³-hybridized carbons (Fsp3) is 0.163. The van der Waals surface area contributed by atoms with E-state index in [9.17, 15) is 0 Å². The van der Waals surface area contributed by atoms with E-state index in [1.165, 1.54) is 110 Å². The normalized spacial score (nSPS) is 13.4. The zero-order valence-electron chi connectivity index (χ0n) is 53.2. The fourth-order valence-corrected chi connectivity index (χ4v) is 16.7. The van der Waals surface area contributed by atoms with Crippen molar-refractivity contribution in [3.8, 4) is 22.3 Å². The summed E-state index contributed by atoms with van der Waals surface area (Å²) in [6.45, 7) is 23.3. The number of aromatic nitrogens is 2. The monoisotopic (exact) mass is 1190 g/mol. The van der Waals surface area contributed by atoms with Gasteiger partial charge in [-0.05, 0) is 165 Å². The molecule has 0 atom stereocenters. The number of fused-ring (bicyclic) bond motifs is 28. The maximum Gasteiger partial charge on any atom is 0.160 e. The minimum atomic E-state index is -0.220. The van der Waals surface area contributed by atoms with Crippen molar-refractivity contribution in [2.45, 2.75) is 91.9 Å². The third kappa shape index (κ3) is 6.89. The van der Waals surface area contributed by atoms with E-state index < -0.39 is 0 Å². The summed E-state index contributed by atoms with van der Waals surface area (Å²) in [6.07, 6.45) is 0.823. The highest BCUT2D eigenvalue weighted by Crippen LogP contribution is 2.52. The molecule has 92 heavy (non-hydrogen) atoms. The highest BCUT2D eigenvalue weighted by molar-refractivity contribution is 6.34. The Labute approximate surface area is 529 Å². The van der Waals surface area contributed by atoms with Gasteiger partial charge in [0, 0.05) is 86.2 Å². The van der Waals surface area contributed by atoms with E-state index in [0.717, 1.165) is 116 Å². The second-order valence-electron chi connectivity index (χ2n) is 29.4. The molecule has 0 radical (unpaired) electrons. The van der Waals surface area contributed by atoms with E-state index >= 15 is 0 Å². The van der Waals surface area contributed by atoms with Gasteiger partial charge in [0.15, 0.2) is 22.3 Å². The van der Waals surface area contributed by atoms with Crippen molar-refractivity contribution in [2.24, 2.45) is 0 Å². The molecule has 20 rings (SSSR count). The predicted octanol–water partition coefficient (Wildman–Crippen LogP) is 24.7. The topological polar surface area (TPSA) is 61.4 Å². The third-order valence-electron chi connectivity index (χ3n) is 21.2. The number of furan rings is 4. The molecule has 0 aliphatic rings. The highest BCUT2D eigenvalue weighted by Gasteiger charge is 2.31. The summed E-state index contributed by atoms with van der Waals surface area (Å²) >= 11 is 0. The Kier molecular flexibility index (Phi) is 9.92. The second-order valence-corrected chi connectivity index (χ2v) is 29.4. The van der Waals surface area contributed by atoms with Crippen LogP contribution >= 0.6 is 0 Å². The lowest BCUT2D eigenvalue weighted by Crippen LogP contribution is -2.21. The first-order valence-electron chi connectivity index (χ1n) is 32.5. The lowest BCUT2D eigenvalue weighted by molar-refractivity contribution is 0.521. The summed E-state index contributed by atoms with van der Waals surface area (Å²) in [4.78, 5) is 0. The summed E-state index contributed by atoms with van der Waals surface area (Å²) in [6, 6.07) is 72.3. The van der Waals surface area contributed by atoms with Crippen molar-refractivity contribution in [3.63, 3.8) is 0 Å². The van der Waals surface area contributed by atoms with Gasteiger partial charge in [-0.3, -0.25) is 0 Å². The predicted molar refractivity (Wildman–Crippen MR) is 386 cm³/mol. The quantitative estimate of drug-likeness (QED) is 0.172. The van der Waals surface area contributed by atoms with E-state index in [4.69, 9.17) is 17.7 Å². The number of nitrogens with zero attached hydrogens (tertiary/aromatic N) is 2. The van der Waals surface area contributed by atoms with Gasteiger partial charge in [0.25, 0.3) is 0 Å². The Morgan fingerprint density at radius 3 is 1.02 bits per heavy atom. The molecule has 0 aliphatic carbocycles. The second kappa shape index (κ2) is 17.5. The molecule has 0 unspecified atom stereocenters. The van der Waals surface area contributed by atoms with Crippen LogP contribution in [0, 0.1) is 13.8 Å². The van der Waals surface area contributed by atoms with Crippen molar-refractivity contribution in [3.05, 3.63) is 228 Å². The maximum atomic E-state index is 7.33. The summed E-state index contributed by atoms with van der Waals surface area (Å²) in [5.74, 6) is 0. The van der Waals surface area contributed by atoms with Crippen LogP contribution in [0.25, 0.3) is 186 Å². The van der Waals surface area contributed by atoms with Crippen molar-refractivity contribution in [1.82, 2.24) is 8.80 Å². The van der Waals surface area contributed by atoms with E-state index in [-0.39, 0.29) is 16.2 Å². The van der Waals surface area contributed by atoms with E-state index in [1.54, 1.807) is 0 Å². The lowest BCUT2D eigenvalue weighted by Gasteiger charge is -2.27. The van der Waals surface area contributed by atoms with Gasteiger partial charge in [-0.15, -0.1) is 0 Å². The molecule has 8 aromatic heterocycles. The summed E-state index contributed by atoms with van der Waals surface area (Å²) in [5.41, 5.74) is 26.2. The van der Waals surface area contributed by atoms with Gasteiger partial charge in [-0.2, -0.15) is 0 Å². The van der Waals surface area contributed by atoms with E-state index in [1.807, 2.05) is 0 Å². The zero-order valence-corrected chi connectivity index (χ0v) is 53.2. The number of aryl methyl sites for hydroxylation is 2. The molecule has 0 N–H and O–H groups in total. The zero-order chi connectivity index (χ0) is 61.9. The van der Waals surface area contributed by atoms with Crippen LogP contribution in [0.2, 0.25) is 0 Å². The molecule has 0 spiro atoms. The van der Waals surface area contributed by atoms with Crippen LogP contribution in [0.5, 0.6) is 0 Å². The Hall–Kier alpha value is -10.6. The van der Waals surface area contributed by atoms with Crippen LogP contribution in [-0.2, 0) is 22.7 Å². The molecule has 0 saturated carbocycles. The Balaban J connectivity index is 0.725. The lowest BCUT2D eigenvalue weighted by atomic mass is 9.77. The molecule has 0 aliphatic heterocycles. The minimum absolute atomic E-state index is 0.0232. The highest BCUT2D eigenvalue weighted by atomic mass is 16.3. The van der Waals surface area contributed by atoms with Crippen LogP contribution in [0.1, 0.15) is 88.8 Å². The van der Waals surface area contributed by atoms with Gasteiger partial charge in [-0.25, -0.2) is 0 Å². The first kappa shape index (κ1) is 52.2.